The SMILES string of the molecule is COCCN(C)CCNC(C)CCc1ccc2c(c1)OCO2. The molecule has 1 aromatic carbocycles. The maximum atomic E-state index is 5.42. The number of nitrogens with zero attached hydrogens (tertiary/aromatic N) is 1. The molecule has 124 valence electrons. The first-order valence-electron chi connectivity index (χ1n) is 7.98. The summed E-state index contributed by atoms with van der Waals surface area (Å²) in [7, 11) is 3.86. The van der Waals surface area contributed by atoms with Crippen LogP contribution in [0.25, 0.3) is 0 Å². The van der Waals surface area contributed by atoms with Crippen molar-refractivity contribution in [3.63, 3.8) is 0 Å². The van der Waals surface area contributed by atoms with E-state index in [0.717, 1.165) is 50.6 Å². The lowest BCUT2D eigenvalue weighted by Gasteiger charge is -2.19. The standard InChI is InChI=1S/C17H28N2O3/c1-14(18-8-9-19(2)10-11-20-3)4-5-15-6-7-16-17(12-15)22-13-21-16/h6-7,12,14,18H,4-5,8-11,13H2,1-3H3. The van der Waals surface area contributed by atoms with Crippen molar-refractivity contribution in [1.29, 1.82) is 0 Å². The average molecular weight is 308 g/mol. The topological polar surface area (TPSA) is 43.0 Å². The summed E-state index contributed by atoms with van der Waals surface area (Å²) in [5.41, 5.74) is 1.30. The van der Waals surface area contributed by atoms with E-state index in [4.69, 9.17) is 14.2 Å². The van der Waals surface area contributed by atoms with Gasteiger partial charge in [-0.3, -0.25) is 0 Å². The van der Waals surface area contributed by atoms with Crippen LogP contribution in [0.1, 0.15) is 18.9 Å². The van der Waals surface area contributed by atoms with Gasteiger partial charge in [0.1, 0.15) is 0 Å². The maximum absolute atomic E-state index is 5.42. The van der Waals surface area contributed by atoms with Gasteiger partial charge in [-0.05, 0) is 44.5 Å². The van der Waals surface area contributed by atoms with Crippen molar-refractivity contribution >= 4 is 0 Å². The number of methoxy groups -OCH3 is 1. The van der Waals surface area contributed by atoms with Gasteiger partial charge < -0.3 is 24.4 Å². The van der Waals surface area contributed by atoms with E-state index in [0.29, 0.717) is 12.8 Å². The van der Waals surface area contributed by atoms with Crippen LogP contribution in [0, 0.1) is 0 Å². The van der Waals surface area contributed by atoms with Crippen molar-refractivity contribution in [3.05, 3.63) is 23.8 Å². The second kappa shape index (κ2) is 8.98. The molecular formula is C17H28N2O3. The molecule has 5 nitrogen and oxygen atoms in total. The molecule has 0 amide bonds. The summed E-state index contributed by atoms with van der Waals surface area (Å²) in [6.07, 6.45) is 2.16. The van der Waals surface area contributed by atoms with Gasteiger partial charge in [-0.15, -0.1) is 0 Å². The molecule has 0 bridgehead atoms. The molecule has 1 atom stereocenters. The molecule has 0 aliphatic carbocycles. The Morgan fingerprint density at radius 1 is 1.27 bits per heavy atom. The van der Waals surface area contributed by atoms with Crippen LogP contribution in [0.5, 0.6) is 11.5 Å². The van der Waals surface area contributed by atoms with Gasteiger partial charge in [0.2, 0.25) is 6.79 Å². The molecule has 1 aromatic rings. The minimum atomic E-state index is 0.341. The Morgan fingerprint density at radius 3 is 2.91 bits per heavy atom. The number of fused-ring (bicyclic) bond motifs is 1. The monoisotopic (exact) mass is 308 g/mol. The lowest BCUT2D eigenvalue weighted by Crippen LogP contribution is -2.35. The van der Waals surface area contributed by atoms with E-state index in [2.05, 4.69) is 36.3 Å². The predicted octanol–water partition coefficient (Wildman–Crippen LogP) is 1.90. The van der Waals surface area contributed by atoms with Gasteiger partial charge in [-0.25, -0.2) is 0 Å². The zero-order valence-corrected chi connectivity index (χ0v) is 13.9. The summed E-state index contributed by atoms with van der Waals surface area (Å²) in [4.78, 5) is 2.28. The third kappa shape index (κ3) is 5.48. The number of ether oxygens (including phenoxy) is 3. The molecule has 0 aromatic heterocycles. The molecule has 1 heterocycles. The summed E-state index contributed by atoms with van der Waals surface area (Å²) in [6.45, 7) is 6.38. The molecule has 2 rings (SSSR count). The Kier molecular flexibility index (Phi) is 6.96. The van der Waals surface area contributed by atoms with E-state index in [1.54, 1.807) is 7.11 Å². The zero-order valence-electron chi connectivity index (χ0n) is 13.9. The molecule has 0 saturated carbocycles. The summed E-state index contributed by atoms with van der Waals surface area (Å²) in [5.74, 6) is 1.73. The normalized spacial score (nSPS) is 14.5. The second-order valence-electron chi connectivity index (χ2n) is 5.88. The van der Waals surface area contributed by atoms with Gasteiger partial charge in [0.15, 0.2) is 11.5 Å². The number of likely N-dealkylation sites (N-methyl/N-ethyl adjacent to an activating group) is 1. The Hall–Kier alpha value is -1.30. The Balaban J connectivity index is 1.62. The Bertz CT molecular complexity index is 454. The highest BCUT2D eigenvalue weighted by atomic mass is 16.7. The van der Waals surface area contributed by atoms with Gasteiger partial charge in [-0.2, -0.15) is 0 Å². The van der Waals surface area contributed by atoms with E-state index in [-0.39, 0.29) is 0 Å². The van der Waals surface area contributed by atoms with Crippen LogP contribution >= 0.6 is 0 Å². The van der Waals surface area contributed by atoms with Crippen LogP contribution < -0.4 is 14.8 Å². The van der Waals surface area contributed by atoms with Crippen molar-refractivity contribution in [3.8, 4) is 11.5 Å². The lowest BCUT2D eigenvalue weighted by atomic mass is 10.1. The molecular weight excluding hydrogens is 280 g/mol. The quantitative estimate of drug-likeness (QED) is 0.715. The predicted molar refractivity (Wildman–Crippen MR) is 87.7 cm³/mol. The smallest absolute Gasteiger partial charge is 0.231 e. The minimum Gasteiger partial charge on any atom is -0.454 e. The van der Waals surface area contributed by atoms with E-state index in [1.165, 1.54) is 5.56 Å². The zero-order chi connectivity index (χ0) is 15.8. The van der Waals surface area contributed by atoms with Crippen molar-refractivity contribution in [2.45, 2.75) is 25.8 Å². The third-order valence-electron chi connectivity index (χ3n) is 3.97. The van der Waals surface area contributed by atoms with E-state index in [1.807, 2.05) is 6.07 Å². The first-order chi connectivity index (χ1) is 10.7. The van der Waals surface area contributed by atoms with Gasteiger partial charge in [-0.1, -0.05) is 6.07 Å². The van der Waals surface area contributed by atoms with Crippen molar-refractivity contribution in [2.24, 2.45) is 0 Å². The number of hydrogen-bond donors (Lipinski definition) is 1. The number of rotatable bonds is 10. The summed E-state index contributed by atoms with van der Waals surface area (Å²) >= 11 is 0. The van der Waals surface area contributed by atoms with Gasteiger partial charge in [0, 0.05) is 32.8 Å². The highest BCUT2D eigenvalue weighted by molar-refractivity contribution is 5.44. The molecule has 0 saturated heterocycles. The molecule has 1 N–H and O–H groups in total. The minimum absolute atomic E-state index is 0.341. The number of benzene rings is 1. The number of hydrogen-bond acceptors (Lipinski definition) is 5. The van der Waals surface area contributed by atoms with Gasteiger partial charge in [0.25, 0.3) is 0 Å². The fourth-order valence-electron chi connectivity index (χ4n) is 2.44. The second-order valence-corrected chi connectivity index (χ2v) is 5.88. The van der Waals surface area contributed by atoms with Crippen LogP contribution in [-0.2, 0) is 11.2 Å². The first-order valence-corrected chi connectivity index (χ1v) is 7.98. The van der Waals surface area contributed by atoms with Crippen LogP contribution in [0.3, 0.4) is 0 Å². The summed E-state index contributed by atoms with van der Waals surface area (Å²) < 4.78 is 15.8. The fraction of sp³-hybridized carbons (Fsp3) is 0.647. The molecule has 1 aliphatic rings. The molecule has 0 radical (unpaired) electrons. The van der Waals surface area contributed by atoms with Gasteiger partial charge >= 0.3 is 0 Å². The van der Waals surface area contributed by atoms with E-state index in [9.17, 15) is 0 Å². The summed E-state index contributed by atoms with van der Waals surface area (Å²) in [5, 5.41) is 3.57. The van der Waals surface area contributed by atoms with Crippen LogP contribution in [-0.4, -0.2) is 58.1 Å². The van der Waals surface area contributed by atoms with Crippen LogP contribution in [0.4, 0.5) is 0 Å². The van der Waals surface area contributed by atoms with Crippen LogP contribution in [0.2, 0.25) is 0 Å². The Labute approximate surface area is 133 Å². The summed E-state index contributed by atoms with van der Waals surface area (Å²) in [6, 6.07) is 6.72. The molecule has 5 heteroatoms. The van der Waals surface area contributed by atoms with Crippen molar-refractivity contribution in [1.82, 2.24) is 10.2 Å². The average Bonchev–Trinajstić information content (AvgIpc) is 2.98. The van der Waals surface area contributed by atoms with Crippen molar-refractivity contribution in [2.75, 3.05) is 47.2 Å². The van der Waals surface area contributed by atoms with Gasteiger partial charge in [0.05, 0.1) is 6.61 Å². The molecule has 0 fully saturated rings. The maximum Gasteiger partial charge on any atom is 0.231 e. The van der Waals surface area contributed by atoms with Crippen molar-refractivity contribution < 1.29 is 14.2 Å². The third-order valence-corrected chi connectivity index (χ3v) is 3.97. The lowest BCUT2D eigenvalue weighted by molar-refractivity contribution is 0.161. The molecule has 22 heavy (non-hydrogen) atoms. The fourth-order valence-corrected chi connectivity index (χ4v) is 2.44. The molecule has 1 unspecified atom stereocenters. The number of nitrogens with one attached hydrogen (secondary N) is 1. The molecule has 1 aliphatic heterocycles. The largest absolute Gasteiger partial charge is 0.454 e. The highest BCUT2D eigenvalue weighted by Crippen LogP contribution is 2.32. The van der Waals surface area contributed by atoms with E-state index < -0.39 is 0 Å². The highest BCUT2D eigenvalue weighted by Gasteiger charge is 2.13. The Morgan fingerprint density at radius 2 is 2.09 bits per heavy atom. The van der Waals surface area contributed by atoms with Crippen LogP contribution in [0.15, 0.2) is 18.2 Å². The number of aryl methyl sites for hydroxylation is 1. The molecule has 0 spiro atoms. The first kappa shape index (κ1) is 17.1. The van der Waals surface area contributed by atoms with E-state index >= 15 is 0 Å².